The third-order valence-electron chi connectivity index (χ3n) is 7.49. The van der Waals surface area contributed by atoms with Gasteiger partial charge in [0.2, 0.25) is 11.8 Å². The van der Waals surface area contributed by atoms with E-state index in [0.717, 1.165) is 46.8 Å². The van der Waals surface area contributed by atoms with Crippen LogP contribution in [0.25, 0.3) is 0 Å². The molecule has 3 aromatic carbocycles. The molecule has 1 aliphatic rings. The molecule has 1 aliphatic carbocycles. The van der Waals surface area contributed by atoms with Gasteiger partial charge in [-0.1, -0.05) is 109 Å². The van der Waals surface area contributed by atoms with Crippen LogP contribution in [0.5, 0.6) is 0 Å². The van der Waals surface area contributed by atoms with Gasteiger partial charge in [0.25, 0.3) is 0 Å². The molecule has 0 radical (unpaired) electrons. The topological polar surface area (TPSA) is 49.4 Å². The molecule has 0 unspecified atom stereocenters. The summed E-state index contributed by atoms with van der Waals surface area (Å²) in [5.41, 5.74) is 4.49. The van der Waals surface area contributed by atoms with Crippen molar-refractivity contribution >= 4 is 27.7 Å². The molecule has 0 bridgehead atoms. The van der Waals surface area contributed by atoms with E-state index in [2.05, 4.69) is 59.4 Å². The average molecular weight is 576 g/mol. The molecule has 1 atom stereocenters. The molecule has 0 aliphatic heterocycles. The Kier molecular flexibility index (Phi) is 10.2. The van der Waals surface area contributed by atoms with Gasteiger partial charge < -0.3 is 10.2 Å². The lowest BCUT2D eigenvalue weighted by Crippen LogP contribution is -2.52. The number of nitrogens with zero attached hydrogens (tertiary/aromatic N) is 1. The van der Waals surface area contributed by atoms with Gasteiger partial charge in [0.15, 0.2) is 0 Å². The summed E-state index contributed by atoms with van der Waals surface area (Å²) in [7, 11) is 0. The maximum atomic E-state index is 13.9. The lowest BCUT2D eigenvalue weighted by Gasteiger charge is -2.32. The number of benzene rings is 3. The molecule has 0 saturated heterocycles. The first-order valence-corrected chi connectivity index (χ1v) is 14.7. The van der Waals surface area contributed by atoms with Crippen LogP contribution in [0, 0.1) is 0 Å². The van der Waals surface area contributed by atoms with Crippen LogP contribution in [0.4, 0.5) is 0 Å². The minimum absolute atomic E-state index is 0.000384. The zero-order valence-electron chi connectivity index (χ0n) is 22.5. The first kappa shape index (κ1) is 28.1. The molecule has 0 heterocycles. The fourth-order valence-corrected chi connectivity index (χ4v) is 5.66. The largest absolute Gasteiger partial charge is 0.352 e. The molecular weight excluding hydrogens is 536 g/mol. The Morgan fingerprint density at radius 2 is 1.58 bits per heavy atom. The molecule has 3 aromatic rings. The number of nitrogens with one attached hydrogen (secondary N) is 1. The van der Waals surface area contributed by atoms with Crippen molar-refractivity contribution in [2.75, 3.05) is 0 Å². The number of hydrogen-bond donors (Lipinski definition) is 1. The first-order valence-electron chi connectivity index (χ1n) is 13.9. The van der Waals surface area contributed by atoms with E-state index in [1.54, 1.807) is 0 Å². The summed E-state index contributed by atoms with van der Waals surface area (Å²) in [6, 6.07) is 26.2. The maximum Gasteiger partial charge on any atom is 0.243 e. The fourth-order valence-electron chi connectivity index (χ4n) is 5.22. The summed E-state index contributed by atoms with van der Waals surface area (Å²) in [4.78, 5) is 29.5. The Labute approximate surface area is 236 Å². The number of hydrogen-bond acceptors (Lipinski definition) is 2. The Bertz CT molecular complexity index is 1190. The molecule has 2 amide bonds. The van der Waals surface area contributed by atoms with Crippen LogP contribution in [0.2, 0.25) is 0 Å². The Balaban J connectivity index is 1.59. The number of halogens is 1. The van der Waals surface area contributed by atoms with Crippen LogP contribution in [0.15, 0.2) is 83.3 Å². The van der Waals surface area contributed by atoms with Gasteiger partial charge in [0, 0.05) is 29.9 Å². The second kappa shape index (κ2) is 13.7. The number of carbonyl (C=O) groups excluding carboxylic acids is 2. The smallest absolute Gasteiger partial charge is 0.243 e. The van der Waals surface area contributed by atoms with E-state index in [-0.39, 0.29) is 17.9 Å². The SMILES string of the molecule is CC(C)c1ccc(CCC(=O)N(Cc2cccc(Br)c2)[C@H](Cc2ccccc2)C(=O)NC2CCCC2)cc1. The molecule has 4 nitrogen and oxygen atoms in total. The summed E-state index contributed by atoms with van der Waals surface area (Å²) < 4.78 is 0.961. The van der Waals surface area contributed by atoms with Crippen LogP contribution < -0.4 is 5.32 Å². The average Bonchev–Trinajstić information content (AvgIpc) is 3.43. The third-order valence-corrected chi connectivity index (χ3v) is 7.98. The minimum atomic E-state index is -0.576. The highest BCUT2D eigenvalue weighted by Crippen LogP contribution is 2.22. The summed E-state index contributed by atoms with van der Waals surface area (Å²) in [6.07, 6.45) is 5.80. The predicted octanol–water partition coefficient (Wildman–Crippen LogP) is 7.20. The van der Waals surface area contributed by atoms with Gasteiger partial charge in [-0.2, -0.15) is 0 Å². The number of amides is 2. The summed E-state index contributed by atoms with van der Waals surface area (Å²) in [5.74, 6) is 0.425. The Morgan fingerprint density at radius 3 is 2.24 bits per heavy atom. The van der Waals surface area contributed by atoms with E-state index in [1.807, 2.05) is 59.5 Å². The molecule has 38 heavy (non-hydrogen) atoms. The van der Waals surface area contributed by atoms with Gasteiger partial charge in [-0.05, 0) is 59.6 Å². The normalized spacial score (nSPS) is 14.4. The summed E-state index contributed by atoms with van der Waals surface area (Å²) in [6.45, 7) is 4.75. The van der Waals surface area contributed by atoms with Crippen LogP contribution in [-0.2, 0) is 29.0 Å². The molecule has 0 spiro atoms. The van der Waals surface area contributed by atoms with E-state index in [0.29, 0.717) is 31.7 Å². The van der Waals surface area contributed by atoms with Crippen LogP contribution >= 0.6 is 15.9 Å². The van der Waals surface area contributed by atoms with Crippen molar-refractivity contribution in [1.29, 1.82) is 0 Å². The second-order valence-corrected chi connectivity index (χ2v) is 11.7. The molecule has 1 N–H and O–H groups in total. The predicted molar refractivity (Wildman–Crippen MR) is 158 cm³/mol. The van der Waals surface area contributed by atoms with E-state index >= 15 is 0 Å². The highest BCUT2D eigenvalue weighted by atomic mass is 79.9. The van der Waals surface area contributed by atoms with E-state index in [1.165, 1.54) is 5.56 Å². The van der Waals surface area contributed by atoms with Crippen LogP contribution in [0.3, 0.4) is 0 Å². The molecule has 5 heteroatoms. The lowest BCUT2D eigenvalue weighted by atomic mass is 9.99. The number of aryl methyl sites for hydroxylation is 1. The van der Waals surface area contributed by atoms with Crippen molar-refractivity contribution in [2.24, 2.45) is 0 Å². The van der Waals surface area contributed by atoms with Crippen molar-refractivity contribution in [3.05, 3.63) is 106 Å². The van der Waals surface area contributed by atoms with E-state index in [4.69, 9.17) is 0 Å². The first-order chi connectivity index (χ1) is 18.4. The van der Waals surface area contributed by atoms with Gasteiger partial charge in [0.05, 0.1) is 0 Å². The van der Waals surface area contributed by atoms with Gasteiger partial charge in [-0.25, -0.2) is 0 Å². The lowest BCUT2D eigenvalue weighted by molar-refractivity contribution is -0.141. The van der Waals surface area contributed by atoms with Gasteiger partial charge in [0.1, 0.15) is 6.04 Å². The van der Waals surface area contributed by atoms with E-state index < -0.39 is 6.04 Å². The molecular formula is C33H39BrN2O2. The van der Waals surface area contributed by atoms with Crippen LogP contribution in [0.1, 0.15) is 74.1 Å². The fraction of sp³-hybridized carbons (Fsp3) is 0.394. The molecule has 0 aromatic heterocycles. The zero-order chi connectivity index (χ0) is 26.9. The van der Waals surface area contributed by atoms with Gasteiger partial charge in [-0.15, -0.1) is 0 Å². The number of rotatable bonds is 11. The Hall–Kier alpha value is -2.92. The zero-order valence-corrected chi connectivity index (χ0v) is 24.1. The monoisotopic (exact) mass is 574 g/mol. The molecule has 1 saturated carbocycles. The van der Waals surface area contributed by atoms with Crippen LogP contribution in [-0.4, -0.2) is 28.8 Å². The van der Waals surface area contributed by atoms with Gasteiger partial charge in [-0.3, -0.25) is 9.59 Å². The molecule has 200 valence electrons. The number of carbonyl (C=O) groups is 2. The Morgan fingerprint density at radius 1 is 0.895 bits per heavy atom. The van der Waals surface area contributed by atoms with E-state index in [9.17, 15) is 9.59 Å². The molecule has 1 fully saturated rings. The van der Waals surface area contributed by atoms with Crippen molar-refractivity contribution in [2.45, 2.75) is 83.3 Å². The van der Waals surface area contributed by atoms with Crippen molar-refractivity contribution in [3.8, 4) is 0 Å². The van der Waals surface area contributed by atoms with Gasteiger partial charge >= 0.3 is 0 Å². The minimum Gasteiger partial charge on any atom is -0.352 e. The highest BCUT2D eigenvalue weighted by molar-refractivity contribution is 9.10. The maximum absolute atomic E-state index is 13.9. The highest BCUT2D eigenvalue weighted by Gasteiger charge is 2.32. The third kappa shape index (κ3) is 8.04. The summed E-state index contributed by atoms with van der Waals surface area (Å²) >= 11 is 3.56. The quantitative estimate of drug-likeness (QED) is 0.263. The van der Waals surface area contributed by atoms with Crippen molar-refractivity contribution in [1.82, 2.24) is 10.2 Å². The van der Waals surface area contributed by atoms with Crippen molar-refractivity contribution in [3.63, 3.8) is 0 Å². The second-order valence-electron chi connectivity index (χ2n) is 10.7. The summed E-state index contributed by atoms with van der Waals surface area (Å²) in [5, 5.41) is 3.28. The molecule has 4 rings (SSSR count). The van der Waals surface area contributed by atoms with Crippen molar-refractivity contribution < 1.29 is 9.59 Å². The standard InChI is InChI=1S/C33H39BrN2O2/c1-24(2)28-18-15-25(16-19-28)17-20-32(37)36(23-27-11-8-12-29(34)21-27)31(22-26-9-4-3-5-10-26)33(38)35-30-13-6-7-14-30/h3-5,8-12,15-16,18-19,21,24,30-31H,6-7,13-14,17,20,22-23H2,1-2H3,(H,35,38)/t31-/m1/s1.